The van der Waals surface area contributed by atoms with Gasteiger partial charge in [-0.25, -0.2) is 4.98 Å². The molecule has 2 aromatic heterocycles. The van der Waals surface area contributed by atoms with Crippen molar-refractivity contribution in [1.29, 1.82) is 0 Å². The highest BCUT2D eigenvalue weighted by Gasteiger charge is 2.25. The average molecular weight is 301 g/mol. The van der Waals surface area contributed by atoms with Crippen molar-refractivity contribution in [2.75, 3.05) is 6.54 Å². The minimum Gasteiger partial charge on any atom is -0.295 e. The minimum absolute atomic E-state index is 0.722. The molecular weight excluding hydrogens is 278 g/mol. The molecule has 3 nitrogen and oxygen atoms in total. The molecule has 112 valence electrons. The number of thiazole rings is 1. The van der Waals surface area contributed by atoms with Crippen LogP contribution in [-0.2, 0) is 13.0 Å². The van der Waals surface area contributed by atoms with Gasteiger partial charge in [0.2, 0.25) is 0 Å². The number of pyridine rings is 1. The third-order valence-electron chi connectivity index (χ3n) is 4.42. The van der Waals surface area contributed by atoms with Crippen LogP contribution in [0.2, 0.25) is 0 Å². The second kappa shape index (κ2) is 6.67. The molecule has 3 heterocycles. The summed E-state index contributed by atoms with van der Waals surface area (Å²) >= 11 is 1.79. The molecule has 0 saturated carbocycles. The average Bonchev–Trinajstić information content (AvgIpc) is 3.07. The fourth-order valence-electron chi connectivity index (χ4n) is 3.19. The second-order valence-electron chi connectivity index (χ2n) is 5.97. The van der Waals surface area contributed by atoms with E-state index in [1.165, 1.54) is 41.9 Å². The van der Waals surface area contributed by atoms with Gasteiger partial charge in [0.15, 0.2) is 0 Å². The summed E-state index contributed by atoms with van der Waals surface area (Å²) in [5.41, 5.74) is 5.71. The fraction of sp³-hybridized carbons (Fsp3) is 0.529. The summed E-state index contributed by atoms with van der Waals surface area (Å²) in [6.45, 7) is 6.50. The number of likely N-dealkylation sites (tertiary alicyclic amines) is 1. The molecule has 0 unspecified atom stereocenters. The monoisotopic (exact) mass is 301 g/mol. The molecule has 21 heavy (non-hydrogen) atoms. The van der Waals surface area contributed by atoms with Crippen LogP contribution >= 0.6 is 11.3 Å². The van der Waals surface area contributed by atoms with Crippen LogP contribution in [-0.4, -0.2) is 27.5 Å². The molecule has 4 heteroatoms. The zero-order valence-electron chi connectivity index (χ0n) is 12.9. The van der Waals surface area contributed by atoms with Crippen molar-refractivity contribution >= 4 is 11.3 Å². The highest BCUT2D eigenvalue weighted by Crippen LogP contribution is 2.26. The molecule has 0 N–H and O–H groups in total. The summed E-state index contributed by atoms with van der Waals surface area (Å²) in [4.78, 5) is 12.7. The molecule has 0 spiro atoms. The zero-order chi connectivity index (χ0) is 14.7. The Kier molecular flexibility index (Phi) is 4.66. The lowest BCUT2D eigenvalue weighted by Gasteiger charge is -2.24. The Morgan fingerprint density at radius 2 is 2.24 bits per heavy atom. The van der Waals surface area contributed by atoms with Gasteiger partial charge < -0.3 is 0 Å². The Morgan fingerprint density at radius 3 is 3.00 bits per heavy atom. The SMILES string of the molecule is Cc1cc(CC[C@H]2CCCN2Cc2scnc2C)ccn1. The molecule has 0 bridgehead atoms. The number of aryl methyl sites for hydroxylation is 3. The molecular formula is C17H23N3S. The predicted molar refractivity (Wildman–Crippen MR) is 87.6 cm³/mol. The van der Waals surface area contributed by atoms with Gasteiger partial charge in [0.05, 0.1) is 11.2 Å². The predicted octanol–water partition coefficient (Wildman–Crippen LogP) is 3.75. The molecule has 0 aliphatic carbocycles. The topological polar surface area (TPSA) is 29.0 Å². The van der Waals surface area contributed by atoms with E-state index in [-0.39, 0.29) is 0 Å². The van der Waals surface area contributed by atoms with Gasteiger partial charge in [-0.1, -0.05) is 0 Å². The summed E-state index contributed by atoms with van der Waals surface area (Å²) in [6, 6.07) is 5.09. The van der Waals surface area contributed by atoms with E-state index >= 15 is 0 Å². The first-order chi connectivity index (χ1) is 10.2. The van der Waals surface area contributed by atoms with Crippen LogP contribution in [0.25, 0.3) is 0 Å². The van der Waals surface area contributed by atoms with E-state index in [4.69, 9.17) is 0 Å². The van der Waals surface area contributed by atoms with Gasteiger partial charge in [-0.05, 0) is 63.8 Å². The van der Waals surface area contributed by atoms with Crippen LogP contribution in [0, 0.1) is 13.8 Å². The lowest BCUT2D eigenvalue weighted by molar-refractivity contribution is 0.236. The van der Waals surface area contributed by atoms with Crippen molar-refractivity contribution in [2.45, 2.75) is 52.1 Å². The van der Waals surface area contributed by atoms with E-state index in [1.807, 2.05) is 11.7 Å². The number of hydrogen-bond acceptors (Lipinski definition) is 4. The summed E-state index contributed by atoms with van der Waals surface area (Å²) in [6.07, 6.45) is 7.01. The van der Waals surface area contributed by atoms with E-state index < -0.39 is 0 Å². The van der Waals surface area contributed by atoms with Crippen LogP contribution in [0.5, 0.6) is 0 Å². The maximum absolute atomic E-state index is 4.37. The van der Waals surface area contributed by atoms with Crippen LogP contribution in [0.3, 0.4) is 0 Å². The normalized spacial score (nSPS) is 19.2. The van der Waals surface area contributed by atoms with Crippen molar-refractivity contribution in [2.24, 2.45) is 0 Å². The lowest BCUT2D eigenvalue weighted by Crippen LogP contribution is -2.29. The van der Waals surface area contributed by atoms with Crippen molar-refractivity contribution in [3.05, 3.63) is 45.7 Å². The van der Waals surface area contributed by atoms with E-state index in [1.54, 1.807) is 11.3 Å². The quantitative estimate of drug-likeness (QED) is 0.842. The first-order valence-corrected chi connectivity index (χ1v) is 8.65. The molecule has 0 radical (unpaired) electrons. The molecule has 2 aromatic rings. The van der Waals surface area contributed by atoms with Crippen LogP contribution in [0.4, 0.5) is 0 Å². The van der Waals surface area contributed by atoms with Gasteiger partial charge >= 0.3 is 0 Å². The van der Waals surface area contributed by atoms with Gasteiger partial charge in [0.1, 0.15) is 0 Å². The van der Waals surface area contributed by atoms with Gasteiger partial charge in [-0.15, -0.1) is 11.3 Å². The molecule has 0 aromatic carbocycles. The fourth-order valence-corrected chi connectivity index (χ4v) is 3.99. The summed E-state index contributed by atoms with van der Waals surface area (Å²) < 4.78 is 0. The van der Waals surface area contributed by atoms with Gasteiger partial charge in [0.25, 0.3) is 0 Å². The lowest BCUT2D eigenvalue weighted by atomic mass is 10.0. The first kappa shape index (κ1) is 14.7. The van der Waals surface area contributed by atoms with E-state index in [0.717, 1.165) is 24.7 Å². The van der Waals surface area contributed by atoms with Gasteiger partial charge in [-0.2, -0.15) is 0 Å². The van der Waals surface area contributed by atoms with Gasteiger partial charge in [-0.3, -0.25) is 9.88 Å². The molecule has 1 atom stereocenters. The third kappa shape index (κ3) is 3.69. The highest BCUT2D eigenvalue weighted by molar-refractivity contribution is 7.09. The molecule has 1 aliphatic heterocycles. The standard InChI is InChI=1S/C17H23N3S/c1-13-10-15(7-8-18-13)5-6-16-4-3-9-20(16)11-17-14(2)19-12-21-17/h7-8,10,12,16H,3-6,9,11H2,1-2H3/t16-/m1/s1. The van der Waals surface area contributed by atoms with Crippen LogP contribution in [0.1, 0.15) is 41.1 Å². The van der Waals surface area contributed by atoms with E-state index in [2.05, 4.69) is 40.8 Å². The van der Waals surface area contributed by atoms with E-state index in [9.17, 15) is 0 Å². The minimum atomic E-state index is 0.722. The summed E-state index contributed by atoms with van der Waals surface area (Å²) in [5, 5.41) is 0. The molecule has 1 aliphatic rings. The number of hydrogen-bond donors (Lipinski definition) is 0. The van der Waals surface area contributed by atoms with Crippen molar-refractivity contribution in [1.82, 2.24) is 14.9 Å². The Hall–Kier alpha value is -1.26. The van der Waals surface area contributed by atoms with Crippen molar-refractivity contribution in [3.63, 3.8) is 0 Å². The largest absolute Gasteiger partial charge is 0.295 e. The van der Waals surface area contributed by atoms with Crippen LogP contribution in [0.15, 0.2) is 23.8 Å². The zero-order valence-corrected chi connectivity index (χ0v) is 13.7. The molecule has 3 rings (SSSR count). The Bertz CT molecular complexity index is 593. The highest BCUT2D eigenvalue weighted by atomic mass is 32.1. The van der Waals surface area contributed by atoms with E-state index in [0.29, 0.717) is 0 Å². The van der Waals surface area contributed by atoms with Crippen LogP contribution < -0.4 is 0 Å². The Labute approximate surface area is 131 Å². The Morgan fingerprint density at radius 1 is 1.33 bits per heavy atom. The summed E-state index contributed by atoms with van der Waals surface area (Å²) in [5.74, 6) is 0. The first-order valence-electron chi connectivity index (χ1n) is 7.77. The number of rotatable bonds is 5. The summed E-state index contributed by atoms with van der Waals surface area (Å²) in [7, 11) is 0. The molecule has 1 fully saturated rings. The van der Waals surface area contributed by atoms with Gasteiger partial charge in [0, 0.05) is 29.4 Å². The maximum Gasteiger partial charge on any atom is 0.0798 e. The maximum atomic E-state index is 4.37. The number of aromatic nitrogens is 2. The van der Waals surface area contributed by atoms with Crippen molar-refractivity contribution < 1.29 is 0 Å². The second-order valence-corrected chi connectivity index (χ2v) is 6.91. The number of nitrogens with zero attached hydrogens (tertiary/aromatic N) is 3. The smallest absolute Gasteiger partial charge is 0.0798 e. The molecule has 1 saturated heterocycles. The Balaban J connectivity index is 1.58. The molecule has 0 amide bonds. The van der Waals surface area contributed by atoms with Crippen molar-refractivity contribution in [3.8, 4) is 0 Å². The third-order valence-corrected chi connectivity index (χ3v) is 5.34.